The lowest BCUT2D eigenvalue weighted by Gasteiger charge is -2.22. The number of hydrogen-bond acceptors (Lipinski definition) is 0. The van der Waals surface area contributed by atoms with E-state index in [1.165, 1.54) is 105 Å². The Morgan fingerprint density at radius 3 is 1.69 bits per heavy atom. The minimum absolute atomic E-state index is 0.0476. The van der Waals surface area contributed by atoms with E-state index in [4.69, 9.17) is 0 Å². The van der Waals surface area contributed by atoms with Gasteiger partial charge in [0.15, 0.2) is 0 Å². The molecule has 9 aromatic rings. The lowest BCUT2D eigenvalue weighted by molar-refractivity contribution is 0.639. The van der Waals surface area contributed by atoms with Crippen molar-refractivity contribution in [2.24, 2.45) is 0 Å². The lowest BCUT2D eigenvalue weighted by Crippen LogP contribution is -2.15. The predicted octanol–water partition coefficient (Wildman–Crippen LogP) is 13.5. The first kappa shape index (κ1) is 30.7. The largest absolute Gasteiger partial charge is 0.309 e. The van der Waals surface area contributed by atoms with E-state index in [0.717, 1.165) is 0 Å². The van der Waals surface area contributed by atoms with Gasteiger partial charge < -0.3 is 9.13 Å². The molecule has 250 valence electrons. The highest BCUT2D eigenvalue weighted by Crippen LogP contribution is 2.44. The highest BCUT2D eigenvalue weighted by molar-refractivity contribution is 6.13. The number of aromatic nitrogens is 2. The van der Waals surface area contributed by atoms with Crippen LogP contribution in [0.2, 0.25) is 0 Å². The maximum absolute atomic E-state index is 2.47. The van der Waals surface area contributed by atoms with Crippen molar-refractivity contribution in [3.8, 4) is 33.6 Å². The van der Waals surface area contributed by atoms with Gasteiger partial charge in [0, 0.05) is 38.3 Å². The second-order valence-electron chi connectivity index (χ2n) is 15.2. The third-order valence-electron chi connectivity index (χ3n) is 11.9. The number of nitrogens with zero attached hydrogens (tertiary/aromatic N) is 2. The molecule has 0 unspecified atom stereocenters. The Hall–Kier alpha value is -6.12. The molecule has 0 spiro atoms. The number of fused-ring (bicyclic) bond motifs is 7. The van der Waals surface area contributed by atoms with Crippen molar-refractivity contribution in [3.63, 3.8) is 0 Å². The van der Waals surface area contributed by atoms with Crippen LogP contribution in [0.3, 0.4) is 0 Å². The quantitative estimate of drug-likeness (QED) is 0.177. The summed E-state index contributed by atoms with van der Waals surface area (Å²) < 4.78 is 4.89. The predicted molar refractivity (Wildman–Crippen MR) is 222 cm³/mol. The summed E-state index contributed by atoms with van der Waals surface area (Å²) >= 11 is 0. The van der Waals surface area contributed by atoms with Gasteiger partial charge in [0.1, 0.15) is 0 Å². The van der Waals surface area contributed by atoms with Crippen molar-refractivity contribution >= 4 is 49.7 Å². The zero-order valence-corrected chi connectivity index (χ0v) is 30.3. The van der Waals surface area contributed by atoms with Gasteiger partial charge in [0.2, 0.25) is 0 Å². The van der Waals surface area contributed by atoms with Crippen LogP contribution >= 0.6 is 0 Å². The Morgan fingerprint density at radius 2 is 0.962 bits per heavy atom. The third kappa shape index (κ3) is 4.43. The molecule has 1 aliphatic carbocycles. The van der Waals surface area contributed by atoms with Crippen molar-refractivity contribution < 1.29 is 0 Å². The summed E-state index contributed by atoms with van der Waals surface area (Å²) in [6, 6.07) is 54.3. The molecule has 0 amide bonds. The topological polar surface area (TPSA) is 9.86 Å². The number of benzene rings is 7. The first-order chi connectivity index (χ1) is 25.3. The Balaban J connectivity index is 1.23. The first-order valence-electron chi connectivity index (χ1n) is 18.4. The van der Waals surface area contributed by atoms with Gasteiger partial charge in [-0.05, 0) is 126 Å². The molecule has 0 radical (unpaired) electrons. The van der Waals surface area contributed by atoms with E-state index >= 15 is 0 Å². The second kappa shape index (κ2) is 11.2. The summed E-state index contributed by atoms with van der Waals surface area (Å²) in [5.74, 6) is 0. The Morgan fingerprint density at radius 1 is 0.423 bits per heavy atom. The van der Waals surface area contributed by atoms with E-state index in [1.54, 1.807) is 0 Å². The molecule has 2 aromatic heterocycles. The van der Waals surface area contributed by atoms with Crippen LogP contribution in [0.5, 0.6) is 0 Å². The highest BCUT2D eigenvalue weighted by atomic mass is 15.0. The van der Waals surface area contributed by atoms with Gasteiger partial charge in [-0.25, -0.2) is 0 Å². The smallest absolute Gasteiger partial charge is 0.0542 e. The van der Waals surface area contributed by atoms with E-state index in [0.29, 0.717) is 0 Å². The van der Waals surface area contributed by atoms with Crippen LogP contribution < -0.4 is 0 Å². The fourth-order valence-corrected chi connectivity index (χ4v) is 8.78. The van der Waals surface area contributed by atoms with Gasteiger partial charge in [0.05, 0.1) is 22.1 Å². The summed E-state index contributed by atoms with van der Waals surface area (Å²) in [5.41, 5.74) is 19.0. The molecule has 2 heterocycles. The lowest BCUT2D eigenvalue weighted by atomic mass is 9.82. The molecule has 2 nitrogen and oxygen atoms in total. The standard InChI is InChI=1S/C50H40N2/c1-31-12-6-7-13-39(31)42-28-34(19-18-32(42)2)35-20-24-48-43(29-35)44-30-38(52-46-16-10-8-14-40(46)41-15-9-11-17-47(41)52)22-25-49(44)51(48)37-21-23-45-36(27-37)26-33(3)50(45,4)5/h6-30H,1-5H3. The molecule has 0 aliphatic heterocycles. The van der Waals surface area contributed by atoms with Gasteiger partial charge in [-0.2, -0.15) is 0 Å². The summed E-state index contributed by atoms with van der Waals surface area (Å²) in [6.45, 7) is 11.3. The average molecular weight is 669 g/mol. The Kier molecular flexibility index (Phi) is 6.60. The van der Waals surface area contributed by atoms with Crippen LogP contribution in [-0.2, 0) is 5.41 Å². The van der Waals surface area contributed by atoms with Gasteiger partial charge >= 0.3 is 0 Å². The normalized spacial score (nSPS) is 13.8. The van der Waals surface area contributed by atoms with Gasteiger partial charge in [0.25, 0.3) is 0 Å². The zero-order chi connectivity index (χ0) is 35.3. The van der Waals surface area contributed by atoms with Crippen LogP contribution in [0.15, 0.2) is 151 Å². The number of para-hydroxylation sites is 2. The van der Waals surface area contributed by atoms with Gasteiger partial charge in [-0.3, -0.25) is 0 Å². The maximum Gasteiger partial charge on any atom is 0.0542 e. The van der Waals surface area contributed by atoms with Gasteiger partial charge in [-0.15, -0.1) is 0 Å². The first-order valence-corrected chi connectivity index (χ1v) is 18.4. The van der Waals surface area contributed by atoms with E-state index in [-0.39, 0.29) is 5.41 Å². The van der Waals surface area contributed by atoms with E-state index < -0.39 is 0 Å². The zero-order valence-electron chi connectivity index (χ0n) is 30.3. The van der Waals surface area contributed by atoms with Crippen LogP contribution in [0, 0.1) is 13.8 Å². The minimum atomic E-state index is 0.0476. The third-order valence-corrected chi connectivity index (χ3v) is 11.9. The van der Waals surface area contributed by atoms with Crippen molar-refractivity contribution in [3.05, 3.63) is 173 Å². The molecule has 0 atom stereocenters. The molecule has 7 aromatic carbocycles. The van der Waals surface area contributed by atoms with E-state index in [1.807, 2.05) is 0 Å². The summed E-state index contributed by atoms with van der Waals surface area (Å²) in [4.78, 5) is 0. The fraction of sp³-hybridized carbons (Fsp3) is 0.120. The van der Waals surface area contributed by atoms with Crippen molar-refractivity contribution in [1.82, 2.24) is 9.13 Å². The minimum Gasteiger partial charge on any atom is -0.309 e. The maximum atomic E-state index is 2.47. The summed E-state index contributed by atoms with van der Waals surface area (Å²) in [5, 5.41) is 5.04. The van der Waals surface area contributed by atoms with E-state index in [2.05, 4.69) is 195 Å². The molecular weight excluding hydrogens is 629 g/mol. The molecule has 10 rings (SSSR count). The Bertz CT molecular complexity index is 2910. The molecule has 2 heteroatoms. The highest BCUT2D eigenvalue weighted by Gasteiger charge is 2.30. The van der Waals surface area contributed by atoms with Crippen LogP contribution in [-0.4, -0.2) is 9.13 Å². The van der Waals surface area contributed by atoms with Crippen LogP contribution in [0.25, 0.3) is 83.3 Å². The van der Waals surface area contributed by atoms with Gasteiger partial charge in [-0.1, -0.05) is 110 Å². The number of allylic oxidation sites excluding steroid dienone is 1. The fourth-order valence-electron chi connectivity index (χ4n) is 8.78. The summed E-state index contributed by atoms with van der Waals surface area (Å²) in [6.07, 6.45) is 2.37. The molecule has 1 aliphatic rings. The molecule has 52 heavy (non-hydrogen) atoms. The Labute approximate surface area is 304 Å². The number of rotatable bonds is 4. The SMILES string of the molecule is CC1=Cc2cc(-n3c4ccc(-c5ccc(C)c(-c6ccccc6C)c5)cc4c4cc(-n5c6ccccc6c6ccccc65)ccc43)ccc2C1(C)C. The molecular formula is C50H40N2. The monoisotopic (exact) mass is 668 g/mol. The van der Waals surface area contributed by atoms with Crippen molar-refractivity contribution in [1.29, 1.82) is 0 Å². The number of aryl methyl sites for hydroxylation is 2. The van der Waals surface area contributed by atoms with Crippen molar-refractivity contribution in [2.45, 2.75) is 40.0 Å². The molecule has 0 N–H and O–H groups in total. The molecule has 0 fully saturated rings. The molecule has 0 saturated heterocycles. The molecule has 0 bridgehead atoms. The van der Waals surface area contributed by atoms with E-state index in [9.17, 15) is 0 Å². The second-order valence-corrected chi connectivity index (χ2v) is 15.2. The molecule has 0 saturated carbocycles. The summed E-state index contributed by atoms with van der Waals surface area (Å²) in [7, 11) is 0. The van der Waals surface area contributed by atoms with Crippen LogP contribution in [0.1, 0.15) is 43.0 Å². The average Bonchev–Trinajstić information content (AvgIpc) is 3.75. The van der Waals surface area contributed by atoms with Crippen molar-refractivity contribution in [2.75, 3.05) is 0 Å². The van der Waals surface area contributed by atoms with Crippen LogP contribution in [0.4, 0.5) is 0 Å². The number of hydrogen-bond donors (Lipinski definition) is 0.